The van der Waals surface area contributed by atoms with Crippen LogP contribution in [0.25, 0.3) is 0 Å². The van der Waals surface area contributed by atoms with E-state index in [1.165, 1.54) is 12.1 Å². The van der Waals surface area contributed by atoms with Crippen molar-refractivity contribution in [3.8, 4) is 0 Å². The van der Waals surface area contributed by atoms with Gasteiger partial charge in [-0.25, -0.2) is 4.98 Å². The lowest BCUT2D eigenvalue weighted by Crippen LogP contribution is -2.32. The molecule has 1 heterocycles. The summed E-state index contributed by atoms with van der Waals surface area (Å²) in [6.07, 6.45) is 3.12. The number of hydrogen-bond acceptors (Lipinski definition) is 3. The van der Waals surface area contributed by atoms with Gasteiger partial charge in [-0.3, -0.25) is 0 Å². The predicted molar refractivity (Wildman–Crippen MR) is 72.3 cm³/mol. The molecule has 1 atom stereocenters. The molecule has 0 spiro atoms. The molecule has 1 aromatic heterocycles. The summed E-state index contributed by atoms with van der Waals surface area (Å²) < 4.78 is 2.21. The number of nitrogens with one attached hydrogen (secondary N) is 1. The normalized spacial score (nSPS) is 13.3. The Morgan fingerprint density at radius 2 is 2.12 bits per heavy atom. The Bertz CT molecular complexity index is 330. The van der Waals surface area contributed by atoms with Gasteiger partial charge in [0.25, 0.3) is 0 Å². The van der Waals surface area contributed by atoms with Crippen molar-refractivity contribution >= 4 is 0 Å². The Morgan fingerprint density at radius 3 is 2.65 bits per heavy atom. The lowest BCUT2D eigenvalue weighted by Gasteiger charge is -2.17. The lowest BCUT2D eigenvalue weighted by molar-refractivity contribution is 0.364. The van der Waals surface area contributed by atoms with Crippen LogP contribution in [0.15, 0.2) is 6.33 Å². The van der Waals surface area contributed by atoms with Crippen LogP contribution >= 0.6 is 0 Å². The van der Waals surface area contributed by atoms with Gasteiger partial charge >= 0.3 is 0 Å². The van der Waals surface area contributed by atoms with Crippen LogP contribution in [-0.4, -0.2) is 47.7 Å². The first-order chi connectivity index (χ1) is 8.00. The molecule has 0 bridgehead atoms. The molecule has 0 aliphatic heterocycles. The van der Waals surface area contributed by atoms with Crippen LogP contribution in [0.3, 0.4) is 0 Å². The van der Waals surface area contributed by atoms with Crippen molar-refractivity contribution in [1.82, 2.24) is 19.8 Å². The van der Waals surface area contributed by atoms with Crippen LogP contribution in [0.4, 0.5) is 0 Å². The van der Waals surface area contributed by atoms with E-state index in [9.17, 15) is 0 Å². The van der Waals surface area contributed by atoms with Crippen molar-refractivity contribution in [2.75, 3.05) is 27.2 Å². The molecule has 0 aromatic carbocycles. The Morgan fingerprint density at radius 1 is 1.41 bits per heavy atom. The fraction of sp³-hybridized carbons (Fsp3) is 0.769. The van der Waals surface area contributed by atoms with Gasteiger partial charge in [0.1, 0.15) is 0 Å². The number of aromatic nitrogens is 2. The highest BCUT2D eigenvalue weighted by Gasteiger charge is 2.04. The highest BCUT2D eigenvalue weighted by Crippen LogP contribution is 2.03. The molecule has 1 N–H and O–H groups in total. The minimum Gasteiger partial charge on any atom is -0.333 e. The van der Waals surface area contributed by atoms with Gasteiger partial charge in [0.05, 0.1) is 12.0 Å². The first kappa shape index (κ1) is 14.2. The fourth-order valence-electron chi connectivity index (χ4n) is 1.75. The topological polar surface area (TPSA) is 33.1 Å². The summed E-state index contributed by atoms with van der Waals surface area (Å²) in [6.45, 7) is 9.56. The van der Waals surface area contributed by atoms with E-state index in [4.69, 9.17) is 0 Å². The average molecular weight is 238 g/mol. The van der Waals surface area contributed by atoms with Crippen LogP contribution < -0.4 is 5.32 Å². The van der Waals surface area contributed by atoms with Crippen LogP contribution in [0, 0.1) is 13.8 Å². The standard InChI is InChI=1S/C13H26N4/c1-11(6-8-16(4)5)14-7-9-17-10-15-12(2)13(17)3/h10-11,14H,6-9H2,1-5H3/t11-/m1/s1. The highest BCUT2D eigenvalue weighted by atomic mass is 15.1. The first-order valence-electron chi connectivity index (χ1n) is 6.37. The van der Waals surface area contributed by atoms with Gasteiger partial charge < -0.3 is 14.8 Å². The Labute approximate surface area is 105 Å². The fourth-order valence-corrected chi connectivity index (χ4v) is 1.75. The van der Waals surface area contributed by atoms with E-state index in [-0.39, 0.29) is 0 Å². The van der Waals surface area contributed by atoms with Crippen molar-refractivity contribution in [1.29, 1.82) is 0 Å². The van der Waals surface area contributed by atoms with E-state index < -0.39 is 0 Å². The van der Waals surface area contributed by atoms with Crippen molar-refractivity contribution in [3.05, 3.63) is 17.7 Å². The van der Waals surface area contributed by atoms with Crippen molar-refractivity contribution in [2.24, 2.45) is 0 Å². The van der Waals surface area contributed by atoms with Crippen molar-refractivity contribution < 1.29 is 0 Å². The Balaban J connectivity index is 2.21. The molecule has 4 heteroatoms. The molecule has 0 aliphatic rings. The lowest BCUT2D eigenvalue weighted by atomic mass is 10.2. The molecule has 98 valence electrons. The van der Waals surface area contributed by atoms with Gasteiger partial charge in [-0.1, -0.05) is 0 Å². The Kier molecular flexibility index (Phi) is 5.65. The van der Waals surface area contributed by atoms with E-state index >= 15 is 0 Å². The van der Waals surface area contributed by atoms with Gasteiger partial charge in [0.2, 0.25) is 0 Å². The minimum atomic E-state index is 0.572. The largest absolute Gasteiger partial charge is 0.333 e. The maximum Gasteiger partial charge on any atom is 0.0951 e. The SMILES string of the molecule is Cc1ncn(CCN[C@H](C)CCN(C)C)c1C. The summed E-state index contributed by atoms with van der Waals surface area (Å²) in [5, 5.41) is 3.55. The van der Waals surface area contributed by atoms with Gasteiger partial charge in [0, 0.05) is 24.8 Å². The number of rotatable bonds is 7. The first-order valence-corrected chi connectivity index (χ1v) is 6.37. The van der Waals surface area contributed by atoms with Crippen LogP contribution in [-0.2, 0) is 6.54 Å². The molecule has 0 radical (unpaired) electrons. The van der Waals surface area contributed by atoms with Gasteiger partial charge in [-0.15, -0.1) is 0 Å². The van der Waals surface area contributed by atoms with Crippen molar-refractivity contribution in [2.45, 2.75) is 39.8 Å². The second-order valence-electron chi connectivity index (χ2n) is 5.06. The molecular formula is C13H26N4. The molecule has 0 saturated carbocycles. The molecule has 0 fully saturated rings. The quantitative estimate of drug-likeness (QED) is 0.780. The zero-order valence-corrected chi connectivity index (χ0v) is 11.8. The molecule has 0 saturated heterocycles. The third kappa shape index (κ3) is 4.88. The number of nitrogens with zero attached hydrogens (tertiary/aromatic N) is 3. The molecule has 0 amide bonds. The second kappa shape index (κ2) is 6.77. The second-order valence-corrected chi connectivity index (χ2v) is 5.06. The van der Waals surface area contributed by atoms with E-state index in [0.29, 0.717) is 6.04 Å². The summed E-state index contributed by atoms with van der Waals surface area (Å²) >= 11 is 0. The number of hydrogen-bond donors (Lipinski definition) is 1. The number of aryl methyl sites for hydroxylation is 1. The van der Waals surface area contributed by atoms with E-state index in [0.717, 1.165) is 25.3 Å². The smallest absolute Gasteiger partial charge is 0.0951 e. The van der Waals surface area contributed by atoms with Gasteiger partial charge in [-0.05, 0) is 47.8 Å². The van der Waals surface area contributed by atoms with E-state index in [1.54, 1.807) is 0 Å². The van der Waals surface area contributed by atoms with Crippen LogP contribution in [0.5, 0.6) is 0 Å². The molecule has 17 heavy (non-hydrogen) atoms. The van der Waals surface area contributed by atoms with Crippen LogP contribution in [0.2, 0.25) is 0 Å². The summed E-state index contributed by atoms with van der Waals surface area (Å²) in [5.41, 5.74) is 2.40. The molecule has 0 unspecified atom stereocenters. The zero-order chi connectivity index (χ0) is 12.8. The zero-order valence-electron chi connectivity index (χ0n) is 11.8. The summed E-state index contributed by atoms with van der Waals surface area (Å²) in [7, 11) is 4.23. The minimum absolute atomic E-state index is 0.572. The molecule has 1 rings (SSSR count). The predicted octanol–water partition coefficient (Wildman–Crippen LogP) is 1.43. The van der Waals surface area contributed by atoms with E-state index in [1.807, 2.05) is 6.33 Å². The van der Waals surface area contributed by atoms with Crippen LogP contribution in [0.1, 0.15) is 24.7 Å². The monoisotopic (exact) mass is 238 g/mol. The van der Waals surface area contributed by atoms with Gasteiger partial charge in [0.15, 0.2) is 0 Å². The molecule has 4 nitrogen and oxygen atoms in total. The Hall–Kier alpha value is -0.870. The van der Waals surface area contributed by atoms with Crippen molar-refractivity contribution in [3.63, 3.8) is 0 Å². The maximum atomic E-state index is 4.30. The molecule has 0 aliphatic carbocycles. The summed E-state index contributed by atoms with van der Waals surface area (Å²) in [5.74, 6) is 0. The summed E-state index contributed by atoms with van der Waals surface area (Å²) in [6, 6.07) is 0.572. The highest BCUT2D eigenvalue weighted by molar-refractivity contribution is 5.08. The number of imidazole rings is 1. The molecule has 1 aromatic rings. The maximum absolute atomic E-state index is 4.30. The third-order valence-corrected chi connectivity index (χ3v) is 3.20. The third-order valence-electron chi connectivity index (χ3n) is 3.20. The van der Waals surface area contributed by atoms with Gasteiger partial charge in [-0.2, -0.15) is 0 Å². The summed E-state index contributed by atoms with van der Waals surface area (Å²) in [4.78, 5) is 6.53. The average Bonchev–Trinajstić information content (AvgIpc) is 2.58. The van der Waals surface area contributed by atoms with E-state index in [2.05, 4.69) is 54.6 Å². The molecular weight excluding hydrogens is 212 g/mol.